The Morgan fingerprint density at radius 2 is 1.83 bits per heavy atom. The van der Waals surface area contributed by atoms with Crippen molar-refractivity contribution in [1.29, 1.82) is 0 Å². The third-order valence-corrected chi connectivity index (χ3v) is 5.71. The molecule has 1 aliphatic carbocycles. The van der Waals surface area contributed by atoms with Crippen molar-refractivity contribution >= 4 is 23.0 Å². The van der Waals surface area contributed by atoms with Crippen LogP contribution in [-0.4, -0.2) is 30.7 Å². The fraction of sp³-hybridized carbons (Fsp3) is 0.182. The molecule has 0 aliphatic heterocycles. The van der Waals surface area contributed by atoms with E-state index in [1.165, 1.54) is 0 Å². The van der Waals surface area contributed by atoms with Crippen LogP contribution >= 0.6 is 11.6 Å². The van der Waals surface area contributed by atoms with Crippen LogP contribution in [0.3, 0.4) is 0 Å². The number of hydrogen-bond donors (Lipinski definition) is 1. The minimum atomic E-state index is -0.132. The summed E-state index contributed by atoms with van der Waals surface area (Å²) in [6.07, 6.45) is 0.834. The summed E-state index contributed by atoms with van der Waals surface area (Å²) in [5.41, 5.74) is 5.06. The number of phenols is 1. The number of nitrogens with zero attached hydrogens (tertiary/aromatic N) is 4. The summed E-state index contributed by atoms with van der Waals surface area (Å²) in [6, 6.07) is 14.6. The lowest BCUT2D eigenvalue weighted by Crippen LogP contribution is -2.24. The molecule has 4 aromatic rings. The van der Waals surface area contributed by atoms with Crippen LogP contribution in [0.5, 0.6) is 5.75 Å². The number of fused-ring (bicyclic) bond motifs is 3. The van der Waals surface area contributed by atoms with Gasteiger partial charge >= 0.3 is 0 Å². The Hall–Kier alpha value is -3.25. The zero-order valence-corrected chi connectivity index (χ0v) is 16.4. The number of hydrogen-bond acceptors (Lipinski definition) is 5. The normalized spacial score (nSPS) is 16.2. The Labute approximate surface area is 171 Å². The molecule has 1 atom stereocenters. The van der Waals surface area contributed by atoms with Gasteiger partial charge in [0, 0.05) is 17.4 Å². The topological polar surface area (TPSA) is 80.4 Å². The van der Waals surface area contributed by atoms with Crippen LogP contribution < -0.4 is 0 Å². The molecule has 0 saturated heterocycles. The first kappa shape index (κ1) is 17.8. The van der Waals surface area contributed by atoms with E-state index in [-0.39, 0.29) is 23.9 Å². The van der Waals surface area contributed by atoms with Crippen molar-refractivity contribution in [3.05, 3.63) is 76.2 Å². The molecule has 5 rings (SSSR count). The monoisotopic (exact) mass is 404 g/mol. The number of phenolic OH excluding ortho intramolecular Hbond substituents is 1. The number of para-hydroxylation sites is 1. The molecule has 1 N–H and O–H groups in total. The Kier molecular flexibility index (Phi) is 4.10. The Balaban J connectivity index is 1.67. The fourth-order valence-corrected chi connectivity index (χ4v) is 4.21. The number of aryl methyl sites for hydroxylation is 1. The Bertz CT molecular complexity index is 1260. The SMILES string of the molecule is Cc1nn2c3c(nnc2c1-c1ccc(Cl)cc1)C(=O)C[C@H](c1ccccc1O)C3. The van der Waals surface area contributed by atoms with Crippen molar-refractivity contribution in [3.8, 4) is 16.9 Å². The largest absolute Gasteiger partial charge is 0.508 e. The molecule has 0 fully saturated rings. The van der Waals surface area contributed by atoms with Gasteiger partial charge in [-0.2, -0.15) is 5.10 Å². The van der Waals surface area contributed by atoms with Gasteiger partial charge in [-0.3, -0.25) is 4.79 Å². The molecular weight excluding hydrogens is 388 g/mol. The minimum absolute atomic E-state index is 0.0879. The molecule has 0 amide bonds. The predicted molar refractivity (Wildman–Crippen MR) is 109 cm³/mol. The van der Waals surface area contributed by atoms with Gasteiger partial charge in [-0.05, 0) is 42.7 Å². The molecule has 7 heteroatoms. The summed E-state index contributed by atoms with van der Waals surface area (Å²) < 4.78 is 1.73. The maximum atomic E-state index is 12.8. The van der Waals surface area contributed by atoms with Crippen molar-refractivity contribution < 1.29 is 9.90 Å². The van der Waals surface area contributed by atoms with Gasteiger partial charge < -0.3 is 5.11 Å². The van der Waals surface area contributed by atoms with E-state index in [1.807, 2.05) is 43.3 Å². The highest BCUT2D eigenvalue weighted by atomic mass is 35.5. The molecule has 0 spiro atoms. The highest BCUT2D eigenvalue weighted by Crippen LogP contribution is 2.37. The van der Waals surface area contributed by atoms with Crippen molar-refractivity contribution in [2.75, 3.05) is 0 Å². The van der Waals surface area contributed by atoms with Crippen LogP contribution in [-0.2, 0) is 6.42 Å². The van der Waals surface area contributed by atoms with E-state index < -0.39 is 0 Å². The predicted octanol–water partition coefficient (Wildman–Crippen LogP) is 4.37. The lowest BCUT2D eigenvalue weighted by atomic mass is 9.83. The molecule has 1 aliphatic rings. The van der Waals surface area contributed by atoms with Crippen molar-refractivity contribution in [3.63, 3.8) is 0 Å². The Morgan fingerprint density at radius 3 is 2.59 bits per heavy atom. The van der Waals surface area contributed by atoms with Gasteiger partial charge in [0.25, 0.3) is 0 Å². The zero-order valence-electron chi connectivity index (χ0n) is 15.6. The number of carbonyl (C=O) groups excluding carboxylic acids is 1. The maximum Gasteiger partial charge on any atom is 0.185 e. The second-order valence-corrected chi connectivity index (χ2v) is 7.72. The van der Waals surface area contributed by atoms with E-state index in [0.29, 0.717) is 22.8 Å². The third-order valence-electron chi connectivity index (χ3n) is 5.45. The smallest absolute Gasteiger partial charge is 0.185 e. The number of carbonyl (C=O) groups is 1. The number of Topliss-reactive ketones (excluding diaryl/α,β-unsaturated/α-hetero) is 1. The minimum Gasteiger partial charge on any atom is -0.508 e. The first-order chi connectivity index (χ1) is 14.0. The molecule has 0 saturated carbocycles. The van der Waals surface area contributed by atoms with Crippen LogP contribution in [0, 0.1) is 6.92 Å². The number of aromatic hydroxyl groups is 1. The molecule has 144 valence electrons. The molecule has 29 heavy (non-hydrogen) atoms. The van der Waals surface area contributed by atoms with E-state index in [4.69, 9.17) is 11.6 Å². The molecule has 0 bridgehead atoms. The summed E-state index contributed by atoms with van der Waals surface area (Å²) in [7, 11) is 0. The fourth-order valence-electron chi connectivity index (χ4n) is 4.08. The molecule has 0 radical (unpaired) electrons. The average Bonchev–Trinajstić information content (AvgIpc) is 3.05. The van der Waals surface area contributed by atoms with E-state index >= 15 is 0 Å². The van der Waals surface area contributed by atoms with Gasteiger partial charge in [0.1, 0.15) is 5.75 Å². The maximum absolute atomic E-state index is 12.8. The van der Waals surface area contributed by atoms with Crippen molar-refractivity contribution in [2.24, 2.45) is 0 Å². The molecule has 2 aromatic carbocycles. The summed E-state index contributed by atoms with van der Waals surface area (Å²) in [4.78, 5) is 12.8. The van der Waals surface area contributed by atoms with Crippen LogP contribution in [0.1, 0.15) is 39.8 Å². The van der Waals surface area contributed by atoms with Crippen LogP contribution in [0.4, 0.5) is 0 Å². The molecule has 2 heterocycles. The summed E-state index contributed by atoms with van der Waals surface area (Å²) in [5, 5.41) is 24.2. The number of halogens is 1. The summed E-state index contributed by atoms with van der Waals surface area (Å²) in [5.74, 6) is -0.0207. The quantitative estimate of drug-likeness (QED) is 0.536. The molecular formula is C22H17ClN4O2. The lowest BCUT2D eigenvalue weighted by Gasteiger charge is -2.23. The lowest BCUT2D eigenvalue weighted by molar-refractivity contribution is 0.0955. The molecule has 0 unspecified atom stereocenters. The summed E-state index contributed by atoms with van der Waals surface area (Å²) in [6.45, 7) is 1.91. The number of ketones is 1. The van der Waals surface area contributed by atoms with Crippen molar-refractivity contribution in [1.82, 2.24) is 19.8 Å². The number of benzene rings is 2. The van der Waals surface area contributed by atoms with Gasteiger partial charge in [0.05, 0.1) is 17.0 Å². The number of rotatable bonds is 2. The van der Waals surface area contributed by atoms with E-state index in [2.05, 4.69) is 15.3 Å². The standard InChI is InChI=1S/C22H17ClN4O2/c1-12-20(13-6-8-15(23)9-7-13)22-25-24-21-17(27(22)26-12)10-14(11-19(21)29)16-4-2-3-5-18(16)28/h2-9,14,28H,10-11H2,1H3/t14-/m1/s1. The number of aromatic nitrogens is 4. The highest BCUT2D eigenvalue weighted by Gasteiger charge is 2.32. The van der Waals surface area contributed by atoms with Gasteiger partial charge in [-0.15, -0.1) is 10.2 Å². The summed E-state index contributed by atoms with van der Waals surface area (Å²) >= 11 is 6.02. The molecule has 2 aromatic heterocycles. The van der Waals surface area contributed by atoms with Gasteiger partial charge in [-0.25, -0.2) is 4.52 Å². The van der Waals surface area contributed by atoms with Gasteiger partial charge in [0.2, 0.25) is 0 Å². The van der Waals surface area contributed by atoms with Crippen LogP contribution in [0.25, 0.3) is 16.8 Å². The van der Waals surface area contributed by atoms with Crippen LogP contribution in [0.2, 0.25) is 5.02 Å². The first-order valence-corrected chi connectivity index (χ1v) is 9.72. The second-order valence-electron chi connectivity index (χ2n) is 7.29. The molecule has 6 nitrogen and oxygen atoms in total. The van der Waals surface area contributed by atoms with Crippen LogP contribution in [0.15, 0.2) is 48.5 Å². The average molecular weight is 405 g/mol. The highest BCUT2D eigenvalue weighted by molar-refractivity contribution is 6.30. The van der Waals surface area contributed by atoms with Crippen molar-refractivity contribution in [2.45, 2.75) is 25.7 Å². The third kappa shape index (κ3) is 2.87. The van der Waals surface area contributed by atoms with E-state index in [1.54, 1.807) is 16.6 Å². The van der Waals surface area contributed by atoms with E-state index in [9.17, 15) is 9.90 Å². The van der Waals surface area contributed by atoms with E-state index in [0.717, 1.165) is 28.1 Å². The first-order valence-electron chi connectivity index (χ1n) is 9.35. The van der Waals surface area contributed by atoms with Gasteiger partial charge in [-0.1, -0.05) is 41.9 Å². The van der Waals surface area contributed by atoms with Gasteiger partial charge in [0.15, 0.2) is 17.1 Å². The Morgan fingerprint density at radius 1 is 1.07 bits per heavy atom. The zero-order chi connectivity index (χ0) is 20.1. The second kappa shape index (κ2) is 6.67.